The molecule has 1 amide bonds. The number of rotatable bonds is 5. The first-order chi connectivity index (χ1) is 15.9. The molecule has 5 rings (SSSR count). The van der Waals surface area contributed by atoms with Crippen molar-refractivity contribution in [2.75, 3.05) is 18.2 Å². The van der Waals surface area contributed by atoms with Gasteiger partial charge in [0, 0.05) is 17.2 Å². The number of carbonyl (C=O) groups is 1. The van der Waals surface area contributed by atoms with Crippen LogP contribution < -0.4 is 15.6 Å². The number of methoxy groups -OCH3 is 1. The van der Waals surface area contributed by atoms with E-state index in [1.54, 1.807) is 28.5 Å². The molecule has 1 atom stereocenters. The van der Waals surface area contributed by atoms with Crippen molar-refractivity contribution in [3.63, 3.8) is 0 Å². The van der Waals surface area contributed by atoms with Gasteiger partial charge in [-0.3, -0.25) is 14.2 Å². The SMILES string of the molecule is COc1ccc(C)cc1NC(=O)CC1CSc2nc3c(cnn3-c3ccc(Cl)cc3)c(=O)n21. The smallest absolute Gasteiger partial charge is 0.265 e. The Morgan fingerprint density at radius 2 is 2.06 bits per heavy atom. The predicted octanol–water partition coefficient (Wildman–Crippen LogP) is 4.23. The second kappa shape index (κ2) is 8.57. The van der Waals surface area contributed by atoms with Crippen molar-refractivity contribution in [2.24, 2.45) is 0 Å². The second-order valence-electron chi connectivity index (χ2n) is 7.76. The number of benzene rings is 2. The van der Waals surface area contributed by atoms with Crippen LogP contribution in [-0.2, 0) is 4.79 Å². The fraction of sp³-hybridized carbons (Fsp3) is 0.217. The number of halogens is 1. The van der Waals surface area contributed by atoms with Crippen LogP contribution in [0, 0.1) is 6.92 Å². The molecule has 1 N–H and O–H groups in total. The van der Waals surface area contributed by atoms with E-state index in [2.05, 4.69) is 10.4 Å². The molecule has 168 valence electrons. The Balaban J connectivity index is 1.43. The minimum atomic E-state index is -0.302. The molecule has 33 heavy (non-hydrogen) atoms. The molecule has 0 aliphatic carbocycles. The molecule has 4 aromatic rings. The predicted molar refractivity (Wildman–Crippen MR) is 129 cm³/mol. The van der Waals surface area contributed by atoms with Gasteiger partial charge in [0.1, 0.15) is 11.1 Å². The van der Waals surface area contributed by atoms with Crippen LogP contribution in [0.1, 0.15) is 18.0 Å². The number of amides is 1. The van der Waals surface area contributed by atoms with E-state index >= 15 is 0 Å². The molecule has 1 aliphatic rings. The minimum absolute atomic E-state index is 0.148. The van der Waals surface area contributed by atoms with E-state index in [0.717, 1.165) is 11.3 Å². The molecule has 2 aromatic heterocycles. The van der Waals surface area contributed by atoms with Gasteiger partial charge >= 0.3 is 0 Å². The van der Waals surface area contributed by atoms with Crippen molar-refractivity contribution >= 4 is 46.0 Å². The van der Waals surface area contributed by atoms with E-state index in [4.69, 9.17) is 21.3 Å². The Hall–Kier alpha value is -3.30. The zero-order chi connectivity index (χ0) is 23.1. The number of thioether (sulfide) groups is 1. The quantitative estimate of drug-likeness (QED) is 0.429. The van der Waals surface area contributed by atoms with Crippen molar-refractivity contribution in [2.45, 2.75) is 24.5 Å². The lowest BCUT2D eigenvalue weighted by atomic mass is 10.2. The highest BCUT2D eigenvalue weighted by molar-refractivity contribution is 7.99. The molecule has 3 heterocycles. The van der Waals surface area contributed by atoms with Crippen LogP contribution in [0.15, 0.2) is 58.6 Å². The number of hydrogen-bond acceptors (Lipinski definition) is 6. The van der Waals surface area contributed by atoms with Gasteiger partial charge in [-0.1, -0.05) is 29.4 Å². The molecule has 1 unspecified atom stereocenters. The highest BCUT2D eigenvalue weighted by atomic mass is 35.5. The number of fused-ring (bicyclic) bond motifs is 2. The summed E-state index contributed by atoms with van der Waals surface area (Å²) in [6, 6.07) is 12.4. The van der Waals surface area contributed by atoms with Crippen LogP contribution >= 0.6 is 23.4 Å². The van der Waals surface area contributed by atoms with Gasteiger partial charge in [0.2, 0.25) is 5.91 Å². The molecule has 0 fully saturated rings. The average Bonchev–Trinajstić information content (AvgIpc) is 3.39. The topological polar surface area (TPSA) is 91.0 Å². The average molecular weight is 482 g/mol. The van der Waals surface area contributed by atoms with Crippen LogP contribution in [-0.4, -0.2) is 38.1 Å². The third kappa shape index (κ3) is 3.98. The Labute approximate surface area is 198 Å². The molecule has 10 heteroatoms. The Morgan fingerprint density at radius 3 is 2.82 bits per heavy atom. The summed E-state index contributed by atoms with van der Waals surface area (Å²) in [5.74, 6) is 0.980. The Bertz CT molecular complexity index is 1430. The molecular weight excluding hydrogens is 462 g/mol. The number of ether oxygens (including phenoxy) is 1. The first-order valence-electron chi connectivity index (χ1n) is 10.3. The van der Waals surface area contributed by atoms with Gasteiger partial charge in [-0.05, 0) is 48.9 Å². The fourth-order valence-corrected chi connectivity index (χ4v) is 5.14. The standard InChI is InChI=1S/C23H20ClN5O3S/c1-13-3-8-19(32-2)18(9-13)26-20(30)10-16-12-33-23-27-21-17(22(31)28(16)23)11-25-29(21)15-6-4-14(24)5-7-15/h3-9,11,16H,10,12H2,1-2H3,(H,26,30). The van der Waals surface area contributed by atoms with Gasteiger partial charge < -0.3 is 10.1 Å². The molecule has 8 nitrogen and oxygen atoms in total. The number of nitrogens with zero attached hydrogens (tertiary/aromatic N) is 4. The second-order valence-corrected chi connectivity index (χ2v) is 9.18. The number of anilines is 1. The number of carbonyl (C=O) groups excluding carboxylic acids is 1. The van der Waals surface area contributed by atoms with Crippen molar-refractivity contribution in [3.8, 4) is 11.4 Å². The molecular formula is C23H20ClN5O3S. The van der Waals surface area contributed by atoms with Gasteiger partial charge in [0.15, 0.2) is 10.8 Å². The molecule has 1 aliphatic heterocycles. The summed E-state index contributed by atoms with van der Waals surface area (Å²) in [7, 11) is 1.56. The molecule has 0 saturated heterocycles. The molecule has 0 spiro atoms. The maximum atomic E-state index is 13.3. The van der Waals surface area contributed by atoms with E-state index in [-0.39, 0.29) is 23.9 Å². The minimum Gasteiger partial charge on any atom is -0.495 e. The highest BCUT2D eigenvalue weighted by Gasteiger charge is 2.29. The Kier molecular flexibility index (Phi) is 5.59. The lowest BCUT2D eigenvalue weighted by molar-refractivity contribution is -0.116. The summed E-state index contributed by atoms with van der Waals surface area (Å²) >= 11 is 7.44. The highest BCUT2D eigenvalue weighted by Crippen LogP contribution is 2.34. The third-order valence-corrected chi connectivity index (χ3v) is 6.84. The van der Waals surface area contributed by atoms with Gasteiger partial charge in [-0.2, -0.15) is 5.10 Å². The zero-order valence-electron chi connectivity index (χ0n) is 17.9. The van der Waals surface area contributed by atoms with E-state index in [1.165, 1.54) is 18.0 Å². The van der Waals surface area contributed by atoms with Crippen molar-refractivity contribution in [1.82, 2.24) is 19.3 Å². The molecule has 0 bridgehead atoms. The number of nitrogens with one attached hydrogen (secondary N) is 1. The number of aryl methyl sites for hydroxylation is 1. The number of aromatic nitrogens is 4. The van der Waals surface area contributed by atoms with Crippen LogP contribution in [0.4, 0.5) is 5.69 Å². The van der Waals surface area contributed by atoms with Crippen molar-refractivity contribution in [1.29, 1.82) is 0 Å². The van der Waals surface area contributed by atoms with Crippen LogP contribution in [0.2, 0.25) is 5.02 Å². The summed E-state index contributed by atoms with van der Waals surface area (Å²) < 4.78 is 8.57. The number of hydrogen-bond donors (Lipinski definition) is 1. The lowest BCUT2D eigenvalue weighted by Gasteiger charge is -2.15. The normalized spacial score (nSPS) is 14.9. The maximum Gasteiger partial charge on any atom is 0.265 e. The summed E-state index contributed by atoms with van der Waals surface area (Å²) in [5, 5.41) is 8.87. The summed E-state index contributed by atoms with van der Waals surface area (Å²) in [6.45, 7) is 1.94. The first kappa shape index (κ1) is 21.5. The molecule has 2 aromatic carbocycles. The van der Waals surface area contributed by atoms with E-state index in [9.17, 15) is 9.59 Å². The first-order valence-corrected chi connectivity index (χ1v) is 11.6. The van der Waals surface area contributed by atoms with Gasteiger partial charge in [-0.25, -0.2) is 9.67 Å². The van der Waals surface area contributed by atoms with Gasteiger partial charge in [0.05, 0.1) is 30.7 Å². The fourth-order valence-electron chi connectivity index (χ4n) is 3.89. The molecule has 0 saturated carbocycles. The van der Waals surface area contributed by atoms with Gasteiger partial charge in [0.25, 0.3) is 5.56 Å². The lowest BCUT2D eigenvalue weighted by Crippen LogP contribution is -2.27. The van der Waals surface area contributed by atoms with Crippen molar-refractivity contribution in [3.05, 3.63) is 69.6 Å². The van der Waals surface area contributed by atoms with E-state index in [0.29, 0.717) is 38.4 Å². The Morgan fingerprint density at radius 1 is 1.27 bits per heavy atom. The maximum absolute atomic E-state index is 13.3. The van der Waals surface area contributed by atoms with E-state index < -0.39 is 0 Å². The van der Waals surface area contributed by atoms with Crippen LogP contribution in [0.25, 0.3) is 16.7 Å². The van der Waals surface area contributed by atoms with Gasteiger partial charge in [-0.15, -0.1) is 0 Å². The zero-order valence-corrected chi connectivity index (χ0v) is 19.5. The summed E-state index contributed by atoms with van der Waals surface area (Å²) in [5.41, 5.74) is 2.66. The van der Waals surface area contributed by atoms with Crippen LogP contribution in [0.5, 0.6) is 5.75 Å². The summed E-state index contributed by atoms with van der Waals surface area (Å²) in [4.78, 5) is 30.8. The monoisotopic (exact) mass is 481 g/mol. The molecule has 0 radical (unpaired) electrons. The van der Waals surface area contributed by atoms with Crippen LogP contribution in [0.3, 0.4) is 0 Å². The van der Waals surface area contributed by atoms with Crippen molar-refractivity contribution < 1.29 is 9.53 Å². The largest absolute Gasteiger partial charge is 0.495 e. The van der Waals surface area contributed by atoms with E-state index in [1.807, 2.05) is 37.3 Å². The summed E-state index contributed by atoms with van der Waals surface area (Å²) in [6.07, 6.45) is 1.67. The third-order valence-electron chi connectivity index (χ3n) is 5.49.